The van der Waals surface area contributed by atoms with Crippen molar-refractivity contribution in [3.05, 3.63) is 89.0 Å². The molecule has 0 spiro atoms. The number of likely N-dealkylation sites (tertiary alicyclic amines) is 1. The van der Waals surface area contributed by atoms with Crippen LogP contribution in [0.1, 0.15) is 33.5 Å². The Kier molecular flexibility index (Phi) is 7.35. The summed E-state index contributed by atoms with van der Waals surface area (Å²) in [5.74, 6) is -6.48. The molecule has 0 bridgehead atoms. The molecule has 3 aromatic carbocycles. The molecule has 0 saturated carbocycles. The number of alkyl halides is 3. The molecule has 220 valence electrons. The second kappa shape index (κ2) is 10.6. The maximum absolute atomic E-state index is 15.6. The van der Waals surface area contributed by atoms with Gasteiger partial charge in [0.2, 0.25) is 5.91 Å². The van der Waals surface area contributed by atoms with Crippen LogP contribution in [-0.4, -0.2) is 67.6 Å². The van der Waals surface area contributed by atoms with Crippen molar-refractivity contribution in [2.75, 3.05) is 19.7 Å². The SMILES string of the molecule is Cc1ccc(S(=O)(=O)OC[C@@]2(F)C[C@@H](C(=O)O)N(C(=O)CNC(=O)c3ccc4c(c3)-c3ccccc3C4(F)F)C2)cc1. The van der Waals surface area contributed by atoms with E-state index in [1.807, 2.05) is 0 Å². The molecule has 2 N–H and O–H groups in total. The van der Waals surface area contributed by atoms with Gasteiger partial charge >= 0.3 is 5.97 Å². The standard InChI is InChI=1S/C29H25F3N2O7S/c1-17-6-9-19(10-7-17)42(39,40)41-16-28(30)13-24(27(37)38)34(15-28)25(35)14-33-26(36)18-8-11-23-21(12-18)20-4-2-3-5-22(20)29(23,31)32/h2-12,24H,13-16H2,1H3,(H,33,36)(H,37,38)/t24-,28+/m0/s1. The van der Waals surface area contributed by atoms with Gasteiger partial charge in [-0.2, -0.15) is 17.2 Å². The normalized spacial score (nSPS) is 20.6. The molecule has 1 aliphatic heterocycles. The highest BCUT2D eigenvalue weighted by molar-refractivity contribution is 7.86. The minimum absolute atomic E-state index is 0.0141. The van der Waals surface area contributed by atoms with Crippen LogP contribution in [0.5, 0.6) is 0 Å². The van der Waals surface area contributed by atoms with Gasteiger partial charge in [-0.1, -0.05) is 48.0 Å². The van der Waals surface area contributed by atoms with E-state index < -0.39 is 71.7 Å². The molecule has 42 heavy (non-hydrogen) atoms. The maximum atomic E-state index is 15.6. The Morgan fingerprint density at radius 1 is 1.00 bits per heavy atom. The smallest absolute Gasteiger partial charge is 0.326 e. The van der Waals surface area contributed by atoms with E-state index in [0.29, 0.717) is 4.90 Å². The van der Waals surface area contributed by atoms with E-state index in [1.54, 1.807) is 13.0 Å². The average Bonchev–Trinajstić information content (AvgIpc) is 3.43. The minimum atomic E-state index is -4.36. The number of rotatable bonds is 8. The lowest BCUT2D eigenvalue weighted by Gasteiger charge is -2.22. The molecule has 2 atom stereocenters. The molecule has 3 aromatic rings. The number of benzene rings is 3. The second-order valence-corrected chi connectivity index (χ2v) is 11.9. The van der Waals surface area contributed by atoms with E-state index in [0.717, 1.165) is 11.6 Å². The van der Waals surface area contributed by atoms with Crippen molar-refractivity contribution >= 4 is 27.9 Å². The molecule has 1 fully saturated rings. The highest BCUT2D eigenvalue weighted by Gasteiger charge is 2.50. The molecule has 0 unspecified atom stereocenters. The lowest BCUT2D eigenvalue weighted by molar-refractivity contribution is -0.147. The number of carboxylic acid groups (broad SMARTS) is 1. The summed E-state index contributed by atoms with van der Waals surface area (Å²) in [6.45, 7) is -0.777. The van der Waals surface area contributed by atoms with Crippen molar-refractivity contribution < 1.29 is 45.3 Å². The number of fused-ring (bicyclic) bond motifs is 3. The van der Waals surface area contributed by atoms with Gasteiger partial charge in [-0.25, -0.2) is 9.18 Å². The summed E-state index contributed by atoms with van der Waals surface area (Å²) < 4.78 is 75.1. The number of carboxylic acids is 1. The highest BCUT2D eigenvalue weighted by Crippen LogP contribution is 2.50. The molecule has 9 nitrogen and oxygen atoms in total. The van der Waals surface area contributed by atoms with Crippen LogP contribution in [0.4, 0.5) is 13.2 Å². The molecule has 13 heteroatoms. The number of halogens is 3. The second-order valence-electron chi connectivity index (χ2n) is 10.3. The van der Waals surface area contributed by atoms with Gasteiger partial charge in [0.25, 0.3) is 21.9 Å². The molecular formula is C29H25F3N2O7S. The number of aryl methyl sites for hydroxylation is 1. The zero-order chi connectivity index (χ0) is 30.4. The molecule has 2 amide bonds. The van der Waals surface area contributed by atoms with E-state index >= 15 is 4.39 Å². The van der Waals surface area contributed by atoms with Gasteiger partial charge in [0.15, 0.2) is 5.67 Å². The average molecular weight is 603 g/mol. The van der Waals surface area contributed by atoms with E-state index in [1.165, 1.54) is 54.6 Å². The molecule has 1 aliphatic carbocycles. The number of hydrogen-bond acceptors (Lipinski definition) is 6. The van der Waals surface area contributed by atoms with Crippen LogP contribution in [0.2, 0.25) is 0 Å². The number of aliphatic carboxylic acids is 1. The Balaban J connectivity index is 1.25. The van der Waals surface area contributed by atoms with E-state index in [2.05, 4.69) is 5.32 Å². The van der Waals surface area contributed by atoms with Crippen molar-refractivity contribution in [1.82, 2.24) is 10.2 Å². The van der Waals surface area contributed by atoms with Crippen molar-refractivity contribution in [1.29, 1.82) is 0 Å². The number of carbonyl (C=O) groups is 3. The fourth-order valence-electron chi connectivity index (χ4n) is 5.16. The predicted molar refractivity (Wildman–Crippen MR) is 143 cm³/mol. The van der Waals surface area contributed by atoms with Gasteiger partial charge in [0, 0.05) is 23.1 Å². The summed E-state index contributed by atoms with van der Waals surface area (Å²) in [6.07, 6.45) is -0.732. The van der Waals surface area contributed by atoms with Crippen LogP contribution >= 0.6 is 0 Å². The molecule has 0 radical (unpaired) electrons. The van der Waals surface area contributed by atoms with Crippen LogP contribution < -0.4 is 5.32 Å². The third-order valence-electron chi connectivity index (χ3n) is 7.35. The Morgan fingerprint density at radius 3 is 2.36 bits per heavy atom. The Labute approximate surface area is 239 Å². The Hall–Kier alpha value is -4.23. The molecule has 1 heterocycles. The summed E-state index contributed by atoms with van der Waals surface area (Å²) in [4.78, 5) is 38.0. The molecule has 5 rings (SSSR count). The number of amides is 2. The van der Waals surface area contributed by atoms with Gasteiger partial charge < -0.3 is 15.3 Å². The third kappa shape index (κ3) is 5.37. The minimum Gasteiger partial charge on any atom is -0.480 e. The molecule has 2 aliphatic rings. The van der Waals surface area contributed by atoms with Gasteiger partial charge in [0.1, 0.15) is 12.6 Å². The first kappa shape index (κ1) is 29.3. The fourth-order valence-corrected chi connectivity index (χ4v) is 6.13. The quantitative estimate of drug-likeness (QED) is 0.377. The lowest BCUT2D eigenvalue weighted by atomic mass is 10.0. The number of hydrogen-bond donors (Lipinski definition) is 2. The topological polar surface area (TPSA) is 130 Å². The summed E-state index contributed by atoms with van der Waals surface area (Å²) >= 11 is 0. The first-order valence-electron chi connectivity index (χ1n) is 12.8. The van der Waals surface area contributed by atoms with Gasteiger partial charge in [-0.15, -0.1) is 0 Å². The van der Waals surface area contributed by atoms with Crippen LogP contribution in [0.3, 0.4) is 0 Å². The zero-order valence-corrected chi connectivity index (χ0v) is 23.0. The van der Waals surface area contributed by atoms with Crippen LogP contribution in [0, 0.1) is 6.92 Å². The van der Waals surface area contributed by atoms with Crippen molar-refractivity contribution in [3.63, 3.8) is 0 Å². The summed E-state index contributed by atoms with van der Waals surface area (Å²) in [6, 6.07) is 13.5. The molecule has 0 aromatic heterocycles. The van der Waals surface area contributed by atoms with Crippen LogP contribution in [0.15, 0.2) is 71.6 Å². The number of nitrogens with zero attached hydrogens (tertiary/aromatic N) is 1. The zero-order valence-electron chi connectivity index (χ0n) is 22.1. The summed E-state index contributed by atoms with van der Waals surface area (Å²) in [5, 5.41) is 11.9. The van der Waals surface area contributed by atoms with E-state index in [9.17, 15) is 36.7 Å². The van der Waals surface area contributed by atoms with Crippen LogP contribution in [-0.2, 0) is 29.8 Å². The first-order valence-corrected chi connectivity index (χ1v) is 14.2. The Morgan fingerprint density at radius 2 is 1.67 bits per heavy atom. The molecule has 1 saturated heterocycles. The van der Waals surface area contributed by atoms with E-state index in [4.69, 9.17) is 4.18 Å². The third-order valence-corrected chi connectivity index (χ3v) is 8.63. The van der Waals surface area contributed by atoms with Gasteiger partial charge in [-0.3, -0.25) is 13.8 Å². The monoisotopic (exact) mass is 602 g/mol. The van der Waals surface area contributed by atoms with Gasteiger partial charge in [0.05, 0.1) is 18.0 Å². The van der Waals surface area contributed by atoms with Crippen LogP contribution in [0.25, 0.3) is 11.1 Å². The highest BCUT2D eigenvalue weighted by atomic mass is 32.2. The summed E-state index contributed by atoms with van der Waals surface area (Å²) in [5.41, 5.74) is -1.73. The first-order chi connectivity index (χ1) is 19.7. The largest absolute Gasteiger partial charge is 0.480 e. The number of nitrogens with one attached hydrogen (secondary N) is 1. The van der Waals surface area contributed by atoms with Crippen molar-refractivity contribution in [2.45, 2.75) is 35.9 Å². The van der Waals surface area contributed by atoms with Crippen molar-refractivity contribution in [2.24, 2.45) is 0 Å². The maximum Gasteiger partial charge on any atom is 0.326 e. The fraction of sp³-hybridized carbons (Fsp3) is 0.276. The summed E-state index contributed by atoms with van der Waals surface area (Å²) in [7, 11) is -4.36. The van der Waals surface area contributed by atoms with E-state index in [-0.39, 0.29) is 32.7 Å². The van der Waals surface area contributed by atoms with Crippen molar-refractivity contribution in [3.8, 4) is 11.1 Å². The molecular weight excluding hydrogens is 577 g/mol. The van der Waals surface area contributed by atoms with Gasteiger partial charge in [-0.05, 0) is 42.3 Å². The number of carbonyl (C=O) groups excluding carboxylic acids is 2. The Bertz CT molecular complexity index is 1700. The predicted octanol–water partition coefficient (Wildman–Crippen LogP) is 3.64. The lowest BCUT2D eigenvalue weighted by Crippen LogP contribution is -2.46.